The van der Waals surface area contributed by atoms with Crippen LogP contribution in [0.2, 0.25) is 0 Å². The van der Waals surface area contributed by atoms with Gasteiger partial charge in [0.1, 0.15) is 4.99 Å². The predicted molar refractivity (Wildman–Crippen MR) is 63.6 cm³/mol. The van der Waals surface area contributed by atoms with Crippen LogP contribution < -0.4 is 0 Å². The van der Waals surface area contributed by atoms with Gasteiger partial charge >= 0.3 is 0 Å². The molecule has 10 nitrogen and oxygen atoms in total. The first-order chi connectivity index (χ1) is 8.21. The van der Waals surface area contributed by atoms with Gasteiger partial charge in [0.2, 0.25) is 0 Å². The van der Waals surface area contributed by atoms with Gasteiger partial charge in [-0.05, 0) is 28.6 Å². The minimum absolute atomic E-state index is 0.0375. The summed E-state index contributed by atoms with van der Waals surface area (Å²) in [6.45, 7) is 1.99. The second-order valence-corrected chi connectivity index (χ2v) is 2.69. The van der Waals surface area contributed by atoms with Crippen LogP contribution in [0.4, 0.5) is 0 Å². The molecule has 0 unspecified atom stereocenters. The molecule has 0 aromatic carbocycles. The van der Waals surface area contributed by atoms with Gasteiger partial charge in [-0.2, -0.15) is 0 Å². The van der Waals surface area contributed by atoms with Crippen LogP contribution in [0.5, 0.6) is 0 Å². The van der Waals surface area contributed by atoms with Gasteiger partial charge in [-0.3, -0.25) is 0 Å². The maximum absolute atomic E-state index is 8.35. The van der Waals surface area contributed by atoms with Crippen LogP contribution in [0, 0.1) is 0 Å². The molecule has 0 aliphatic carbocycles. The van der Waals surface area contributed by atoms with Crippen LogP contribution in [0.25, 0.3) is 31.3 Å². The maximum Gasteiger partial charge on any atom is 0.111 e. The molecular weight excluding hydrogens is 246 g/mol. The Bertz CT molecular complexity index is 464. The normalized spacial score (nSPS) is 10.2. The Morgan fingerprint density at radius 2 is 1.71 bits per heavy atom. The Morgan fingerprint density at radius 3 is 2.18 bits per heavy atom. The molecule has 0 aromatic heterocycles. The third-order valence-corrected chi connectivity index (χ3v) is 1.64. The largest absolute Gasteiger partial charge is 0.377 e. The first-order valence-electron chi connectivity index (χ1n) is 4.21. The van der Waals surface area contributed by atoms with Gasteiger partial charge in [0.25, 0.3) is 0 Å². The molecule has 0 heterocycles. The third kappa shape index (κ3) is 5.38. The second-order valence-electron chi connectivity index (χ2n) is 2.31. The Labute approximate surface area is 101 Å². The van der Waals surface area contributed by atoms with Crippen LogP contribution in [-0.4, -0.2) is 18.2 Å². The molecule has 0 N–H and O–H groups in total. The topological polar surface area (TPSA) is 156 Å². The smallest absolute Gasteiger partial charge is 0.111 e. The fraction of sp³-hybridized carbons (Fsp3) is 0.500. The summed E-state index contributed by atoms with van der Waals surface area (Å²) >= 11 is 4.70. The first kappa shape index (κ1) is 14.7. The molecule has 0 bridgehead atoms. The van der Waals surface area contributed by atoms with Crippen LogP contribution in [0.1, 0.15) is 6.92 Å². The van der Waals surface area contributed by atoms with Crippen molar-refractivity contribution in [2.75, 3.05) is 13.2 Å². The zero-order chi connectivity index (χ0) is 13.1. The van der Waals surface area contributed by atoms with Gasteiger partial charge in [0.05, 0.1) is 18.0 Å². The minimum Gasteiger partial charge on any atom is -0.377 e. The fourth-order valence-corrected chi connectivity index (χ4v) is 0.949. The highest BCUT2D eigenvalue weighted by atomic mass is 32.1. The lowest BCUT2D eigenvalue weighted by Crippen LogP contribution is -2.03. The lowest BCUT2D eigenvalue weighted by molar-refractivity contribution is 0.169. The van der Waals surface area contributed by atoms with E-state index >= 15 is 0 Å². The third-order valence-electron chi connectivity index (χ3n) is 1.36. The summed E-state index contributed by atoms with van der Waals surface area (Å²) in [6, 6.07) is 0. The molecular formula is C6H7N9OS. The van der Waals surface area contributed by atoms with Crippen molar-refractivity contribution in [3.63, 3.8) is 0 Å². The summed E-state index contributed by atoms with van der Waals surface area (Å²) in [5, 5.41) is 9.61. The summed E-state index contributed by atoms with van der Waals surface area (Å²) in [5.41, 5.74) is 24.7. The van der Waals surface area contributed by atoms with Crippen molar-refractivity contribution in [3.8, 4) is 0 Å². The highest BCUT2D eigenvalue weighted by Gasteiger charge is 2.08. The summed E-state index contributed by atoms with van der Waals surface area (Å²) < 4.78 is 5.00. The predicted octanol–water partition coefficient (Wildman–Crippen LogP) is 3.49. The van der Waals surface area contributed by atoms with Gasteiger partial charge in [-0.15, -0.1) is 0 Å². The quantitative estimate of drug-likeness (QED) is 0.233. The van der Waals surface area contributed by atoms with E-state index in [0.29, 0.717) is 6.61 Å². The molecule has 0 saturated carbocycles. The summed E-state index contributed by atoms with van der Waals surface area (Å²) in [4.78, 5) is 7.19. The molecule has 0 amide bonds. The van der Waals surface area contributed by atoms with E-state index in [0.717, 1.165) is 0 Å². The number of hydrogen-bond donors (Lipinski definition) is 0. The molecule has 0 fully saturated rings. The molecule has 0 aliphatic heterocycles. The van der Waals surface area contributed by atoms with Gasteiger partial charge in [0, 0.05) is 21.3 Å². The molecule has 0 saturated heterocycles. The number of thiocarbonyl (C=S) groups is 1. The van der Waals surface area contributed by atoms with Crippen molar-refractivity contribution in [1.82, 2.24) is 0 Å². The van der Waals surface area contributed by atoms with Crippen LogP contribution in [0.3, 0.4) is 0 Å². The highest BCUT2D eigenvalue weighted by molar-refractivity contribution is 7.80. The standard InChI is InChI=1S/C6H7N9OS/c1-2-16-3-4(10-13-7)5(11-14-8)6(17)12-15-9/h2-3H2,1H3/b5-4+. The van der Waals surface area contributed by atoms with E-state index < -0.39 is 0 Å². The molecule has 0 spiro atoms. The Balaban J connectivity index is 5.54. The summed E-state index contributed by atoms with van der Waals surface area (Å²) in [6.07, 6.45) is 0. The van der Waals surface area contributed by atoms with E-state index in [1.807, 2.05) is 0 Å². The van der Waals surface area contributed by atoms with E-state index in [1.165, 1.54) is 0 Å². The number of nitrogens with zero attached hydrogens (tertiary/aromatic N) is 9. The number of ether oxygens (including phenoxy) is 1. The van der Waals surface area contributed by atoms with E-state index in [1.54, 1.807) is 6.92 Å². The van der Waals surface area contributed by atoms with E-state index in [2.05, 4.69) is 30.1 Å². The maximum atomic E-state index is 8.35. The number of rotatable bonds is 6. The van der Waals surface area contributed by atoms with Crippen molar-refractivity contribution in [1.29, 1.82) is 0 Å². The summed E-state index contributed by atoms with van der Waals surface area (Å²) in [5.74, 6) is 0. The fourth-order valence-electron chi connectivity index (χ4n) is 0.754. The molecule has 88 valence electrons. The van der Waals surface area contributed by atoms with E-state index in [9.17, 15) is 0 Å². The Morgan fingerprint density at radius 1 is 1.12 bits per heavy atom. The van der Waals surface area contributed by atoms with Crippen molar-refractivity contribution < 1.29 is 4.74 Å². The molecule has 11 heteroatoms. The highest BCUT2D eigenvalue weighted by Crippen LogP contribution is 2.13. The molecule has 0 radical (unpaired) electrons. The number of azide groups is 3. The van der Waals surface area contributed by atoms with Crippen molar-refractivity contribution in [2.45, 2.75) is 6.92 Å². The molecule has 0 atom stereocenters. The van der Waals surface area contributed by atoms with Gasteiger partial charge in [0.15, 0.2) is 0 Å². The zero-order valence-corrected chi connectivity index (χ0v) is 9.57. The van der Waals surface area contributed by atoms with E-state index in [4.69, 9.17) is 33.5 Å². The summed E-state index contributed by atoms with van der Waals surface area (Å²) in [7, 11) is 0. The van der Waals surface area contributed by atoms with Gasteiger partial charge in [-0.25, -0.2) is 0 Å². The molecule has 17 heavy (non-hydrogen) atoms. The van der Waals surface area contributed by atoms with Gasteiger partial charge in [-0.1, -0.05) is 22.4 Å². The van der Waals surface area contributed by atoms with Gasteiger partial charge < -0.3 is 4.74 Å². The molecule has 0 aliphatic rings. The number of hydrogen-bond acceptors (Lipinski definition) is 4. The minimum atomic E-state index is -0.313. The van der Waals surface area contributed by atoms with Crippen molar-refractivity contribution >= 4 is 17.2 Å². The van der Waals surface area contributed by atoms with E-state index in [-0.39, 0.29) is 23.0 Å². The van der Waals surface area contributed by atoms with Crippen molar-refractivity contribution in [3.05, 3.63) is 42.7 Å². The zero-order valence-electron chi connectivity index (χ0n) is 8.76. The second kappa shape index (κ2) is 8.98. The first-order valence-corrected chi connectivity index (χ1v) is 4.62. The molecule has 0 aromatic rings. The lowest BCUT2D eigenvalue weighted by atomic mass is 10.3. The van der Waals surface area contributed by atoms with Crippen LogP contribution in [0.15, 0.2) is 26.7 Å². The van der Waals surface area contributed by atoms with Crippen LogP contribution in [-0.2, 0) is 4.74 Å². The van der Waals surface area contributed by atoms with Crippen LogP contribution >= 0.6 is 12.2 Å². The Kier molecular flexibility index (Phi) is 7.78. The van der Waals surface area contributed by atoms with Crippen molar-refractivity contribution in [2.24, 2.45) is 15.3 Å². The lowest BCUT2D eigenvalue weighted by Gasteiger charge is -2.04. The molecule has 0 rings (SSSR count). The average Bonchev–Trinajstić information content (AvgIpc) is 2.32. The SMILES string of the molecule is CCOC/C(N=[N+]=[N-])=C(\N=[N+]=[N-])C(=S)N=[N+]=[N-]. The monoisotopic (exact) mass is 253 g/mol. The average molecular weight is 253 g/mol. The Hall–Kier alpha value is -2.28.